The number of methoxy groups -OCH3 is 1. The van der Waals surface area contributed by atoms with Crippen molar-refractivity contribution in [3.63, 3.8) is 0 Å². The van der Waals surface area contributed by atoms with Crippen LogP contribution in [0.3, 0.4) is 0 Å². The molecule has 1 aromatic rings. The summed E-state index contributed by atoms with van der Waals surface area (Å²) >= 11 is 0. The summed E-state index contributed by atoms with van der Waals surface area (Å²) in [4.78, 5) is 23.6. The summed E-state index contributed by atoms with van der Waals surface area (Å²) in [5.41, 5.74) is 5.43. The van der Waals surface area contributed by atoms with Crippen LogP contribution in [0.25, 0.3) is 0 Å². The van der Waals surface area contributed by atoms with Gasteiger partial charge in [-0.1, -0.05) is 0 Å². The molecular formula is C14H19N3O3. The molecule has 0 aromatic heterocycles. The second-order valence-corrected chi connectivity index (χ2v) is 5.10. The topological polar surface area (TPSA) is 93.4 Å². The number of primary amides is 1. The van der Waals surface area contributed by atoms with Gasteiger partial charge in [-0.05, 0) is 44.5 Å². The zero-order valence-electron chi connectivity index (χ0n) is 11.7. The molecule has 0 spiro atoms. The van der Waals surface area contributed by atoms with Crippen molar-refractivity contribution < 1.29 is 14.3 Å². The second kappa shape index (κ2) is 5.50. The Morgan fingerprint density at radius 2 is 2.20 bits per heavy atom. The number of anilines is 1. The maximum absolute atomic E-state index is 12.3. The molecule has 2 amide bonds. The van der Waals surface area contributed by atoms with E-state index in [1.807, 2.05) is 6.92 Å². The van der Waals surface area contributed by atoms with Gasteiger partial charge in [0.1, 0.15) is 5.75 Å². The summed E-state index contributed by atoms with van der Waals surface area (Å²) in [6.45, 7) is 2.68. The van der Waals surface area contributed by atoms with Crippen LogP contribution < -0.4 is 21.1 Å². The molecule has 1 aromatic carbocycles. The Bertz CT molecular complexity index is 536. The predicted molar refractivity (Wildman–Crippen MR) is 75.8 cm³/mol. The lowest BCUT2D eigenvalue weighted by atomic mass is 9.99. The summed E-state index contributed by atoms with van der Waals surface area (Å²) in [7, 11) is 1.50. The molecule has 1 atom stereocenters. The average molecular weight is 277 g/mol. The van der Waals surface area contributed by atoms with Gasteiger partial charge in [-0.2, -0.15) is 0 Å². The van der Waals surface area contributed by atoms with Gasteiger partial charge in [0, 0.05) is 5.56 Å². The molecule has 1 aliphatic heterocycles. The molecule has 1 aliphatic rings. The number of nitrogens with two attached hydrogens (primary N) is 1. The quantitative estimate of drug-likeness (QED) is 0.761. The smallest absolute Gasteiger partial charge is 0.248 e. The van der Waals surface area contributed by atoms with Crippen molar-refractivity contribution in [1.82, 2.24) is 5.32 Å². The van der Waals surface area contributed by atoms with Crippen LogP contribution in [0.5, 0.6) is 5.75 Å². The highest BCUT2D eigenvalue weighted by Gasteiger charge is 2.36. The number of carbonyl (C=O) groups is 2. The Morgan fingerprint density at radius 3 is 2.75 bits per heavy atom. The number of nitrogens with one attached hydrogen (secondary N) is 2. The Kier molecular flexibility index (Phi) is 3.94. The van der Waals surface area contributed by atoms with E-state index in [1.54, 1.807) is 12.1 Å². The lowest BCUT2D eigenvalue weighted by molar-refractivity contribution is -0.121. The van der Waals surface area contributed by atoms with Crippen LogP contribution in [-0.4, -0.2) is 31.0 Å². The molecule has 0 radical (unpaired) electrons. The highest BCUT2D eigenvalue weighted by molar-refractivity contribution is 6.01. The van der Waals surface area contributed by atoms with Gasteiger partial charge in [-0.15, -0.1) is 0 Å². The van der Waals surface area contributed by atoms with E-state index in [2.05, 4.69) is 10.6 Å². The lowest BCUT2D eigenvalue weighted by Crippen LogP contribution is -2.48. The molecule has 4 N–H and O–H groups in total. The van der Waals surface area contributed by atoms with Crippen molar-refractivity contribution in [2.45, 2.75) is 25.3 Å². The summed E-state index contributed by atoms with van der Waals surface area (Å²) in [5, 5.41) is 5.99. The number of carbonyl (C=O) groups excluding carboxylic acids is 2. The van der Waals surface area contributed by atoms with Gasteiger partial charge in [0.2, 0.25) is 11.8 Å². The molecular weight excluding hydrogens is 258 g/mol. The normalized spacial score (nSPS) is 21.5. The minimum atomic E-state index is -0.590. The average Bonchev–Trinajstić information content (AvgIpc) is 2.87. The number of rotatable bonds is 4. The SMILES string of the molecule is COc1ccc(C(N)=O)cc1NC(=O)C1(C)CCCN1. The van der Waals surface area contributed by atoms with Crippen LogP contribution in [0.2, 0.25) is 0 Å². The predicted octanol–water partition coefficient (Wildman–Crippen LogP) is 0.875. The lowest BCUT2D eigenvalue weighted by Gasteiger charge is -2.23. The number of hydrogen-bond acceptors (Lipinski definition) is 4. The molecule has 108 valence electrons. The van der Waals surface area contributed by atoms with E-state index in [-0.39, 0.29) is 5.91 Å². The highest BCUT2D eigenvalue weighted by Crippen LogP contribution is 2.28. The first kappa shape index (κ1) is 14.3. The van der Waals surface area contributed by atoms with E-state index in [0.29, 0.717) is 17.0 Å². The van der Waals surface area contributed by atoms with E-state index in [1.165, 1.54) is 13.2 Å². The highest BCUT2D eigenvalue weighted by atomic mass is 16.5. The van der Waals surface area contributed by atoms with Gasteiger partial charge < -0.3 is 21.1 Å². The van der Waals surface area contributed by atoms with E-state index >= 15 is 0 Å². The van der Waals surface area contributed by atoms with E-state index in [0.717, 1.165) is 19.4 Å². The molecule has 0 aliphatic carbocycles. The maximum Gasteiger partial charge on any atom is 0.248 e. The fourth-order valence-corrected chi connectivity index (χ4v) is 2.31. The van der Waals surface area contributed by atoms with Gasteiger partial charge >= 0.3 is 0 Å². The molecule has 6 heteroatoms. The fraction of sp³-hybridized carbons (Fsp3) is 0.429. The molecule has 1 saturated heterocycles. The van der Waals surface area contributed by atoms with Crippen molar-refractivity contribution in [1.29, 1.82) is 0 Å². The van der Waals surface area contributed by atoms with E-state index in [9.17, 15) is 9.59 Å². The van der Waals surface area contributed by atoms with Gasteiger partial charge in [0.05, 0.1) is 18.3 Å². The molecule has 2 rings (SSSR count). The number of benzene rings is 1. The van der Waals surface area contributed by atoms with Crippen LogP contribution in [0.4, 0.5) is 5.69 Å². The zero-order chi connectivity index (χ0) is 14.8. The minimum absolute atomic E-state index is 0.144. The van der Waals surface area contributed by atoms with Crippen LogP contribution in [-0.2, 0) is 4.79 Å². The number of hydrogen-bond donors (Lipinski definition) is 3. The molecule has 0 saturated carbocycles. The largest absolute Gasteiger partial charge is 0.495 e. The third kappa shape index (κ3) is 2.75. The van der Waals surface area contributed by atoms with Crippen molar-refractivity contribution in [3.05, 3.63) is 23.8 Å². The minimum Gasteiger partial charge on any atom is -0.495 e. The maximum atomic E-state index is 12.3. The molecule has 20 heavy (non-hydrogen) atoms. The summed E-state index contributed by atoms with van der Waals surface area (Å²) in [6, 6.07) is 4.70. The first-order valence-corrected chi connectivity index (χ1v) is 6.50. The first-order valence-electron chi connectivity index (χ1n) is 6.50. The summed E-state index contributed by atoms with van der Waals surface area (Å²) in [6.07, 6.45) is 1.74. The number of ether oxygens (including phenoxy) is 1. The third-order valence-electron chi connectivity index (χ3n) is 3.60. The molecule has 1 unspecified atom stereocenters. The van der Waals surface area contributed by atoms with Crippen LogP contribution in [0, 0.1) is 0 Å². The van der Waals surface area contributed by atoms with Crippen molar-refractivity contribution in [3.8, 4) is 5.75 Å². The molecule has 6 nitrogen and oxygen atoms in total. The first-order chi connectivity index (χ1) is 9.46. The molecule has 0 bridgehead atoms. The van der Waals surface area contributed by atoms with E-state index < -0.39 is 11.4 Å². The van der Waals surface area contributed by atoms with Crippen molar-refractivity contribution in [2.24, 2.45) is 5.73 Å². The van der Waals surface area contributed by atoms with Crippen LogP contribution >= 0.6 is 0 Å². The fourth-order valence-electron chi connectivity index (χ4n) is 2.31. The van der Waals surface area contributed by atoms with Crippen molar-refractivity contribution in [2.75, 3.05) is 19.0 Å². The molecule has 1 fully saturated rings. The van der Waals surface area contributed by atoms with Gasteiger partial charge in [0.25, 0.3) is 0 Å². The third-order valence-corrected chi connectivity index (χ3v) is 3.60. The molecule has 1 heterocycles. The van der Waals surface area contributed by atoms with Gasteiger partial charge in [-0.3, -0.25) is 9.59 Å². The van der Waals surface area contributed by atoms with Crippen molar-refractivity contribution >= 4 is 17.5 Å². The van der Waals surface area contributed by atoms with Crippen LogP contribution in [0.1, 0.15) is 30.1 Å². The van der Waals surface area contributed by atoms with Crippen LogP contribution in [0.15, 0.2) is 18.2 Å². The summed E-state index contributed by atoms with van der Waals surface area (Å²) in [5.74, 6) is -0.201. The Hall–Kier alpha value is -2.08. The number of amides is 2. The zero-order valence-corrected chi connectivity index (χ0v) is 11.7. The Labute approximate surface area is 117 Å². The standard InChI is InChI=1S/C14H19N3O3/c1-14(6-3-7-16-14)13(19)17-10-8-9(12(15)18)4-5-11(10)20-2/h4-5,8,16H,3,6-7H2,1-2H3,(H2,15,18)(H,17,19). The summed E-state index contributed by atoms with van der Waals surface area (Å²) < 4.78 is 5.19. The van der Waals surface area contributed by atoms with E-state index in [4.69, 9.17) is 10.5 Å². The van der Waals surface area contributed by atoms with Gasteiger partial charge in [-0.25, -0.2) is 0 Å². The Morgan fingerprint density at radius 1 is 1.45 bits per heavy atom. The van der Waals surface area contributed by atoms with Gasteiger partial charge in [0.15, 0.2) is 0 Å². The second-order valence-electron chi connectivity index (χ2n) is 5.10. The monoisotopic (exact) mass is 277 g/mol. The Balaban J connectivity index is 2.25.